The van der Waals surface area contributed by atoms with E-state index in [1.807, 2.05) is 25.1 Å². The molecule has 0 spiro atoms. The van der Waals surface area contributed by atoms with E-state index in [4.69, 9.17) is 9.47 Å². The molecular weight excluding hydrogens is 326 g/mol. The Kier molecular flexibility index (Phi) is 5.30. The van der Waals surface area contributed by atoms with Gasteiger partial charge in [-0.25, -0.2) is 0 Å². The van der Waals surface area contributed by atoms with Gasteiger partial charge in [0.2, 0.25) is 11.2 Å². The Hall–Kier alpha value is -2.15. The molecule has 24 heavy (non-hydrogen) atoms. The molecule has 0 saturated heterocycles. The highest BCUT2D eigenvalue weighted by Gasteiger charge is 2.34. The van der Waals surface area contributed by atoms with Crippen LogP contribution in [0.15, 0.2) is 24.3 Å². The Morgan fingerprint density at radius 1 is 1.21 bits per heavy atom. The number of rotatable bonds is 6. The highest BCUT2D eigenvalue weighted by Crippen LogP contribution is 2.33. The van der Waals surface area contributed by atoms with Crippen LogP contribution in [0.1, 0.15) is 38.1 Å². The molecule has 1 amide bonds. The summed E-state index contributed by atoms with van der Waals surface area (Å²) in [7, 11) is 0. The van der Waals surface area contributed by atoms with Gasteiger partial charge in [-0.3, -0.25) is 10.1 Å². The van der Waals surface area contributed by atoms with Crippen molar-refractivity contribution in [1.82, 2.24) is 10.2 Å². The van der Waals surface area contributed by atoms with Gasteiger partial charge in [-0.1, -0.05) is 43.2 Å². The van der Waals surface area contributed by atoms with Gasteiger partial charge in [0, 0.05) is 6.42 Å². The van der Waals surface area contributed by atoms with Crippen LogP contribution in [0.2, 0.25) is 0 Å². The third kappa shape index (κ3) is 3.84. The summed E-state index contributed by atoms with van der Waals surface area (Å²) in [5.74, 6) is 0.963. The number of fused-ring (bicyclic) bond motifs is 1. The molecule has 1 N–H and O–H groups in total. The average molecular weight is 347 g/mol. The van der Waals surface area contributed by atoms with Crippen molar-refractivity contribution in [3.8, 4) is 11.5 Å². The molecule has 7 heteroatoms. The minimum Gasteiger partial charge on any atom is -0.482 e. The summed E-state index contributed by atoms with van der Waals surface area (Å²) >= 11 is 1.41. The lowest BCUT2D eigenvalue weighted by Gasteiger charge is -2.30. The maximum Gasteiger partial charge on any atom is 0.271 e. The number of para-hydroxylation sites is 2. The van der Waals surface area contributed by atoms with Crippen molar-refractivity contribution in [2.24, 2.45) is 0 Å². The van der Waals surface area contributed by atoms with E-state index in [0.717, 1.165) is 17.8 Å². The second-order valence-corrected chi connectivity index (χ2v) is 6.82. The molecule has 0 bridgehead atoms. The van der Waals surface area contributed by atoms with Crippen LogP contribution in [0.25, 0.3) is 0 Å². The Morgan fingerprint density at radius 2 is 1.96 bits per heavy atom. The third-order valence-corrected chi connectivity index (χ3v) is 4.69. The molecule has 0 aliphatic carbocycles. The van der Waals surface area contributed by atoms with Gasteiger partial charge in [0.15, 0.2) is 11.5 Å². The van der Waals surface area contributed by atoms with Crippen LogP contribution in [-0.4, -0.2) is 28.3 Å². The molecule has 2 atom stereocenters. The number of amides is 1. The highest BCUT2D eigenvalue weighted by molar-refractivity contribution is 7.15. The summed E-state index contributed by atoms with van der Waals surface area (Å²) in [5, 5.41) is 12.4. The number of benzene rings is 1. The number of carbonyl (C=O) groups is 1. The number of aromatic nitrogens is 2. The van der Waals surface area contributed by atoms with Crippen LogP contribution in [-0.2, 0) is 11.2 Å². The van der Waals surface area contributed by atoms with Crippen molar-refractivity contribution in [1.29, 1.82) is 0 Å². The average Bonchev–Trinajstić information content (AvgIpc) is 3.01. The lowest BCUT2D eigenvalue weighted by molar-refractivity contribution is -0.128. The molecule has 1 aliphatic heterocycles. The van der Waals surface area contributed by atoms with E-state index in [2.05, 4.69) is 22.4 Å². The van der Waals surface area contributed by atoms with Gasteiger partial charge in [0.05, 0.1) is 0 Å². The normalized spacial score (nSPS) is 19.1. The van der Waals surface area contributed by atoms with Crippen LogP contribution in [0.3, 0.4) is 0 Å². The summed E-state index contributed by atoms with van der Waals surface area (Å²) in [6.07, 6.45) is 3.23. The van der Waals surface area contributed by atoms with E-state index in [0.29, 0.717) is 16.6 Å². The number of hydrogen-bond acceptors (Lipinski definition) is 6. The van der Waals surface area contributed by atoms with Crippen molar-refractivity contribution < 1.29 is 14.3 Å². The molecule has 1 aromatic heterocycles. The quantitative estimate of drug-likeness (QED) is 0.810. The lowest BCUT2D eigenvalue weighted by Crippen LogP contribution is -2.46. The van der Waals surface area contributed by atoms with Gasteiger partial charge in [-0.2, -0.15) is 0 Å². The van der Waals surface area contributed by atoms with Gasteiger partial charge in [0.1, 0.15) is 11.1 Å². The van der Waals surface area contributed by atoms with Crippen molar-refractivity contribution in [2.75, 3.05) is 5.32 Å². The zero-order valence-corrected chi connectivity index (χ0v) is 14.6. The van der Waals surface area contributed by atoms with Crippen molar-refractivity contribution in [2.45, 2.75) is 51.7 Å². The fourth-order valence-electron chi connectivity index (χ4n) is 2.51. The van der Waals surface area contributed by atoms with E-state index in [-0.39, 0.29) is 12.0 Å². The number of ether oxygens (including phenoxy) is 2. The van der Waals surface area contributed by atoms with Gasteiger partial charge in [-0.05, 0) is 25.5 Å². The molecule has 1 aliphatic rings. The predicted molar refractivity (Wildman–Crippen MR) is 92.7 cm³/mol. The van der Waals surface area contributed by atoms with Gasteiger partial charge in [-0.15, -0.1) is 10.2 Å². The van der Waals surface area contributed by atoms with Crippen LogP contribution in [0.5, 0.6) is 11.5 Å². The summed E-state index contributed by atoms with van der Waals surface area (Å²) in [6, 6.07) is 7.34. The second kappa shape index (κ2) is 7.61. The van der Waals surface area contributed by atoms with E-state index < -0.39 is 6.10 Å². The molecular formula is C17H21N3O3S. The minimum atomic E-state index is -0.715. The number of hydrogen-bond donors (Lipinski definition) is 1. The van der Waals surface area contributed by atoms with E-state index in [1.54, 1.807) is 6.07 Å². The summed E-state index contributed by atoms with van der Waals surface area (Å²) in [5.41, 5.74) is 0. The minimum absolute atomic E-state index is 0.270. The molecule has 0 fully saturated rings. The molecule has 1 aromatic carbocycles. The smallest absolute Gasteiger partial charge is 0.271 e. The first kappa shape index (κ1) is 16.7. The highest BCUT2D eigenvalue weighted by atomic mass is 32.1. The molecule has 6 nitrogen and oxygen atoms in total. The van der Waals surface area contributed by atoms with Crippen LogP contribution >= 0.6 is 11.3 Å². The summed E-state index contributed by atoms with van der Waals surface area (Å²) in [4.78, 5) is 12.5. The fraction of sp³-hybridized carbons (Fsp3) is 0.471. The van der Waals surface area contributed by atoms with Crippen LogP contribution in [0.4, 0.5) is 5.13 Å². The van der Waals surface area contributed by atoms with E-state index in [9.17, 15) is 4.79 Å². The first-order valence-electron chi connectivity index (χ1n) is 8.23. The molecule has 2 heterocycles. The van der Waals surface area contributed by atoms with E-state index in [1.165, 1.54) is 24.2 Å². The number of nitrogens with one attached hydrogen (secondary N) is 1. The standard InChI is InChI=1S/C17H21N3O3S/c1-3-4-5-10-14-19-20-17(24-14)18-16(21)15-11(2)22-12-8-6-7-9-13(12)23-15/h6-9,11,15H,3-5,10H2,1-2H3,(H,18,20,21). The zero-order chi connectivity index (χ0) is 16.9. The molecule has 3 rings (SSSR count). The Labute approximate surface area is 145 Å². The van der Waals surface area contributed by atoms with Gasteiger partial charge < -0.3 is 9.47 Å². The molecule has 0 radical (unpaired) electrons. The summed E-state index contributed by atoms with van der Waals surface area (Å²) in [6.45, 7) is 3.98. The number of unbranched alkanes of at least 4 members (excludes halogenated alkanes) is 2. The Morgan fingerprint density at radius 3 is 2.71 bits per heavy atom. The van der Waals surface area contributed by atoms with Crippen molar-refractivity contribution in [3.63, 3.8) is 0 Å². The first-order chi connectivity index (χ1) is 11.7. The number of carbonyl (C=O) groups excluding carboxylic acids is 1. The monoisotopic (exact) mass is 347 g/mol. The fourth-order valence-corrected chi connectivity index (χ4v) is 3.30. The largest absolute Gasteiger partial charge is 0.482 e. The van der Waals surface area contributed by atoms with Crippen LogP contribution in [0, 0.1) is 0 Å². The first-order valence-corrected chi connectivity index (χ1v) is 9.04. The van der Waals surface area contributed by atoms with Crippen molar-refractivity contribution in [3.05, 3.63) is 29.3 Å². The SMILES string of the molecule is CCCCCc1nnc(NC(=O)C2Oc3ccccc3OC2C)s1. The topological polar surface area (TPSA) is 73.3 Å². The molecule has 0 saturated carbocycles. The molecule has 128 valence electrons. The van der Waals surface area contributed by atoms with E-state index >= 15 is 0 Å². The van der Waals surface area contributed by atoms with Gasteiger partial charge in [0.25, 0.3) is 5.91 Å². The predicted octanol–water partition coefficient (Wildman–Crippen LogP) is 3.44. The third-order valence-electron chi connectivity index (χ3n) is 3.79. The Balaban J connectivity index is 1.61. The van der Waals surface area contributed by atoms with Gasteiger partial charge >= 0.3 is 0 Å². The molecule has 2 aromatic rings. The molecule has 2 unspecified atom stereocenters. The number of nitrogens with zero attached hydrogens (tertiary/aromatic N) is 2. The lowest BCUT2D eigenvalue weighted by atomic mass is 10.1. The summed E-state index contributed by atoms with van der Waals surface area (Å²) < 4.78 is 11.5. The van der Waals surface area contributed by atoms with Crippen molar-refractivity contribution >= 4 is 22.4 Å². The maximum absolute atomic E-state index is 12.5. The number of anilines is 1. The maximum atomic E-state index is 12.5. The second-order valence-electron chi connectivity index (χ2n) is 5.76. The zero-order valence-electron chi connectivity index (χ0n) is 13.8. The van der Waals surface area contributed by atoms with Crippen LogP contribution < -0.4 is 14.8 Å². The number of aryl methyl sites for hydroxylation is 1. The Bertz CT molecular complexity index is 704.